The summed E-state index contributed by atoms with van der Waals surface area (Å²) in [6.45, 7) is 12.2. The summed E-state index contributed by atoms with van der Waals surface area (Å²) in [6, 6.07) is 17.0. The molecule has 0 aliphatic heterocycles. The molecule has 1 amide bonds. The van der Waals surface area contributed by atoms with Gasteiger partial charge < -0.3 is 5.32 Å². The predicted molar refractivity (Wildman–Crippen MR) is 140 cm³/mol. The molecular weight excluding hydrogens is 444 g/mol. The van der Waals surface area contributed by atoms with Crippen LogP contribution in [0, 0.1) is 34.6 Å². The molecule has 0 fully saturated rings. The Morgan fingerprint density at radius 2 is 1.47 bits per heavy atom. The van der Waals surface area contributed by atoms with Gasteiger partial charge in [-0.25, -0.2) is 8.42 Å². The number of hydrogen-bond donors (Lipinski definition) is 1. The number of nitrogens with one attached hydrogen (secondary N) is 1. The Kier molecular flexibility index (Phi) is 7.51. The molecule has 180 valence electrons. The van der Waals surface area contributed by atoms with Crippen LogP contribution in [0.2, 0.25) is 0 Å². The summed E-state index contributed by atoms with van der Waals surface area (Å²) in [5.41, 5.74) is 8.59. The molecule has 0 heterocycles. The molecule has 1 N–H and O–H groups in total. The van der Waals surface area contributed by atoms with Crippen molar-refractivity contribution in [3.63, 3.8) is 0 Å². The zero-order valence-electron chi connectivity index (χ0n) is 21.1. The van der Waals surface area contributed by atoms with Crippen molar-refractivity contribution in [2.24, 2.45) is 0 Å². The van der Waals surface area contributed by atoms with Gasteiger partial charge >= 0.3 is 0 Å². The van der Waals surface area contributed by atoms with Crippen molar-refractivity contribution in [2.45, 2.75) is 54.1 Å². The minimum Gasteiger partial charge on any atom is -0.346 e. The maximum Gasteiger partial charge on any atom is 0.251 e. The van der Waals surface area contributed by atoms with E-state index >= 15 is 0 Å². The van der Waals surface area contributed by atoms with E-state index in [0.717, 1.165) is 27.8 Å². The molecule has 0 aliphatic carbocycles. The number of nitrogens with zero attached hydrogens (tertiary/aromatic N) is 1. The molecule has 0 spiro atoms. The maximum atomic E-state index is 12.9. The molecule has 1 atom stereocenters. The second-order valence-electron chi connectivity index (χ2n) is 9.24. The van der Waals surface area contributed by atoms with E-state index in [1.165, 1.54) is 21.7 Å². The normalized spacial score (nSPS) is 12.3. The van der Waals surface area contributed by atoms with Gasteiger partial charge in [-0.15, -0.1) is 0 Å². The highest BCUT2D eigenvalue weighted by Crippen LogP contribution is 2.26. The number of carbonyl (C=O) groups is 1. The van der Waals surface area contributed by atoms with Crippen molar-refractivity contribution in [3.05, 3.63) is 99.1 Å². The number of benzene rings is 3. The first-order valence-corrected chi connectivity index (χ1v) is 13.2. The van der Waals surface area contributed by atoms with Gasteiger partial charge in [-0.05, 0) is 98.7 Å². The Morgan fingerprint density at radius 3 is 2.09 bits per heavy atom. The topological polar surface area (TPSA) is 66.5 Å². The van der Waals surface area contributed by atoms with E-state index in [-0.39, 0.29) is 18.5 Å². The van der Waals surface area contributed by atoms with E-state index < -0.39 is 10.0 Å². The standard InChI is InChI=1S/C28H34N2O3S/c1-18-8-9-19(2)27(14-18)30(34(7,32)33)17-24-10-12-25(13-11-24)28(31)29-23(6)26-16-21(4)20(3)15-22(26)5/h8-16,23H,17H2,1-7H3,(H,29,31). The molecule has 3 rings (SSSR count). The highest BCUT2D eigenvalue weighted by molar-refractivity contribution is 7.92. The Morgan fingerprint density at radius 1 is 0.853 bits per heavy atom. The van der Waals surface area contributed by atoms with Crippen molar-refractivity contribution in [1.29, 1.82) is 0 Å². The molecule has 3 aromatic carbocycles. The lowest BCUT2D eigenvalue weighted by atomic mass is 9.96. The van der Waals surface area contributed by atoms with Gasteiger partial charge in [0.2, 0.25) is 10.0 Å². The lowest BCUT2D eigenvalue weighted by Gasteiger charge is -2.25. The Bertz CT molecular complexity index is 1310. The largest absolute Gasteiger partial charge is 0.346 e. The van der Waals surface area contributed by atoms with Crippen LogP contribution in [-0.2, 0) is 16.6 Å². The third kappa shape index (κ3) is 5.86. The summed E-state index contributed by atoms with van der Waals surface area (Å²) in [4.78, 5) is 12.9. The second kappa shape index (κ2) is 10.0. The summed E-state index contributed by atoms with van der Waals surface area (Å²) in [7, 11) is -3.49. The van der Waals surface area contributed by atoms with Crippen molar-refractivity contribution in [2.75, 3.05) is 10.6 Å². The van der Waals surface area contributed by atoms with Crippen LogP contribution < -0.4 is 9.62 Å². The quantitative estimate of drug-likeness (QED) is 0.475. The zero-order valence-corrected chi connectivity index (χ0v) is 21.9. The number of anilines is 1. The van der Waals surface area contributed by atoms with Crippen LogP contribution >= 0.6 is 0 Å². The average molecular weight is 479 g/mol. The lowest BCUT2D eigenvalue weighted by Crippen LogP contribution is -2.30. The van der Waals surface area contributed by atoms with E-state index in [1.807, 2.05) is 51.1 Å². The van der Waals surface area contributed by atoms with Gasteiger partial charge in [0.05, 0.1) is 24.5 Å². The van der Waals surface area contributed by atoms with E-state index in [1.54, 1.807) is 12.1 Å². The fraction of sp³-hybridized carbons (Fsp3) is 0.321. The van der Waals surface area contributed by atoms with Crippen molar-refractivity contribution >= 4 is 21.6 Å². The number of rotatable bonds is 7. The number of sulfonamides is 1. The molecule has 0 bridgehead atoms. The molecule has 1 unspecified atom stereocenters. The third-order valence-electron chi connectivity index (χ3n) is 6.27. The Balaban J connectivity index is 1.78. The molecule has 0 saturated carbocycles. The molecule has 0 aliphatic rings. The van der Waals surface area contributed by atoms with Crippen LogP contribution in [0.25, 0.3) is 0 Å². The van der Waals surface area contributed by atoms with E-state index in [9.17, 15) is 13.2 Å². The van der Waals surface area contributed by atoms with Crippen LogP contribution in [0.15, 0.2) is 54.6 Å². The van der Waals surface area contributed by atoms with Gasteiger partial charge in [0.25, 0.3) is 5.91 Å². The summed E-state index contributed by atoms with van der Waals surface area (Å²) in [5.74, 6) is -0.161. The van der Waals surface area contributed by atoms with Crippen LogP contribution in [0.1, 0.15) is 62.3 Å². The molecule has 0 radical (unpaired) electrons. The number of hydrogen-bond acceptors (Lipinski definition) is 3. The molecule has 0 saturated heterocycles. The highest BCUT2D eigenvalue weighted by Gasteiger charge is 2.20. The molecule has 34 heavy (non-hydrogen) atoms. The molecule has 0 aromatic heterocycles. The Hall–Kier alpha value is -3.12. The fourth-order valence-electron chi connectivity index (χ4n) is 4.10. The van der Waals surface area contributed by atoms with Crippen LogP contribution in [0.4, 0.5) is 5.69 Å². The van der Waals surface area contributed by atoms with E-state index in [2.05, 4.69) is 38.2 Å². The summed E-state index contributed by atoms with van der Waals surface area (Å²) >= 11 is 0. The van der Waals surface area contributed by atoms with Crippen LogP contribution in [0.5, 0.6) is 0 Å². The minimum absolute atomic E-state index is 0.128. The Labute approximate surface area is 203 Å². The van der Waals surface area contributed by atoms with E-state index in [4.69, 9.17) is 0 Å². The van der Waals surface area contributed by atoms with Gasteiger partial charge in [-0.3, -0.25) is 9.10 Å². The maximum absolute atomic E-state index is 12.9. The summed E-state index contributed by atoms with van der Waals surface area (Å²) in [5, 5.41) is 3.08. The van der Waals surface area contributed by atoms with Crippen molar-refractivity contribution in [3.8, 4) is 0 Å². The van der Waals surface area contributed by atoms with Gasteiger partial charge in [0.15, 0.2) is 0 Å². The molecular formula is C28H34N2O3S. The first-order chi connectivity index (χ1) is 15.9. The fourth-order valence-corrected chi connectivity index (χ4v) is 5.04. The SMILES string of the molecule is Cc1ccc(C)c(N(Cc2ccc(C(=O)NC(C)c3cc(C)c(C)cc3C)cc2)S(C)(=O)=O)c1. The van der Waals surface area contributed by atoms with Crippen LogP contribution in [0.3, 0.4) is 0 Å². The molecule has 5 nitrogen and oxygen atoms in total. The van der Waals surface area contributed by atoms with Crippen molar-refractivity contribution < 1.29 is 13.2 Å². The van der Waals surface area contributed by atoms with Gasteiger partial charge in [-0.1, -0.05) is 36.4 Å². The first-order valence-electron chi connectivity index (χ1n) is 11.4. The third-order valence-corrected chi connectivity index (χ3v) is 7.40. The molecule has 6 heteroatoms. The average Bonchev–Trinajstić information content (AvgIpc) is 2.76. The number of amides is 1. The summed E-state index contributed by atoms with van der Waals surface area (Å²) in [6.07, 6.45) is 1.22. The van der Waals surface area contributed by atoms with Gasteiger partial charge in [-0.2, -0.15) is 0 Å². The highest BCUT2D eigenvalue weighted by atomic mass is 32.2. The van der Waals surface area contributed by atoms with Crippen molar-refractivity contribution in [1.82, 2.24) is 5.32 Å². The zero-order chi connectivity index (χ0) is 25.2. The summed E-state index contributed by atoms with van der Waals surface area (Å²) < 4.78 is 26.5. The first kappa shape index (κ1) is 25.5. The lowest BCUT2D eigenvalue weighted by molar-refractivity contribution is 0.0939. The van der Waals surface area contributed by atoms with Gasteiger partial charge in [0.1, 0.15) is 0 Å². The number of carbonyl (C=O) groups excluding carboxylic acids is 1. The van der Waals surface area contributed by atoms with E-state index in [0.29, 0.717) is 11.3 Å². The predicted octanol–water partition coefficient (Wildman–Crippen LogP) is 5.69. The monoisotopic (exact) mass is 478 g/mol. The number of aryl methyl sites for hydroxylation is 5. The molecule has 3 aromatic rings. The second-order valence-corrected chi connectivity index (χ2v) is 11.2. The van der Waals surface area contributed by atoms with Gasteiger partial charge in [0, 0.05) is 5.56 Å². The van der Waals surface area contributed by atoms with Crippen LogP contribution in [-0.4, -0.2) is 20.6 Å². The minimum atomic E-state index is -3.49. The smallest absolute Gasteiger partial charge is 0.251 e.